The molecule has 0 saturated carbocycles. The molecule has 1 rings (SSSR count). The largest absolute Gasteiger partial charge is 0.469 e. The van der Waals surface area contributed by atoms with E-state index >= 15 is 0 Å². The van der Waals surface area contributed by atoms with Gasteiger partial charge in [-0.2, -0.15) is 17.0 Å². The number of amides is 1. The number of hydrogen-bond donors (Lipinski definition) is 0. The van der Waals surface area contributed by atoms with Gasteiger partial charge >= 0.3 is 5.97 Å². The minimum absolute atomic E-state index is 0.0112. The highest BCUT2D eigenvalue weighted by Crippen LogP contribution is 2.10. The van der Waals surface area contributed by atoms with E-state index in [1.807, 2.05) is 0 Å². The number of likely N-dealkylation sites (tertiary alicyclic amines) is 1. The molecule has 0 unspecified atom stereocenters. The van der Waals surface area contributed by atoms with Gasteiger partial charge in [0.1, 0.15) is 0 Å². The summed E-state index contributed by atoms with van der Waals surface area (Å²) in [6.45, 7) is 1.19. The van der Waals surface area contributed by atoms with E-state index in [1.165, 1.54) is 21.2 Å². The third kappa shape index (κ3) is 4.94. The van der Waals surface area contributed by atoms with Gasteiger partial charge in [0.15, 0.2) is 0 Å². The predicted molar refractivity (Wildman–Crippen MR) is 76.6 cm³/mol. The van der Waals surface area contributed by atoms with E-state index in [1.54, 1.807) is 4.90 Å². The highest BCUT2D eigenvalue weighted by molar-refractivity contribution is 7.86. The van der Waals surface area contributed by atoms with E-state index in [4.69, 9.17) is 0 Å². The lowest BCUT2D eigenvalue weighted by Crippen LogP contribution is -2.45. The molecule has 1 aliphatic heterocycles. The van der Waals surface area contributed by atoms with Crippen molar-refractivity contribution >= 4 is 22.1 Å². The summed E-state index contributed by atoms with van der Waals surface area (Å²) < 4.78 is 30.9. The predicted octanol–water partition coefficient (Wildman–Crippen LogP) is -0.720. The van der Waals surface area contributed by atoms with Gasteiger partial charge in [-0.3, -0.25) is 9.59 Å². The van der Waals surface area contributed by atoms with E-state index in [-0.39, 0.29) is 25.4 Å². The quantitative estimate of drug-likeness (QED) is 0.578. The first-order chi connectivity index (χ1) is 9.78. The number of methoxy groups -OCH3 is 1. The molecule has 0 aliphatic carbocycles. The number of hydrogen-bond acceptors (Lipinski definition) is 5. The van der Waals surface area contributed by atoms with Crippen LogP contribution in [0.3, 0.4) is 0 Å². The molecule has 122 valence electrons. The van der Waals surface area contributed by atoms with Gasteiger partial charge in [0.05, 0.1) is 20.1 Å². The van der Waals surface area contributed by atoms with Gasteiger partial charge in [0, 0.05) is 33.7 Å². The number of carbonyl (C=O) groups excluding carboxylic acids is 2. The van der Waals surface area contributed by atoms with E-state index in [0.29, 0.717) is 13.1 Å². The van der Waals surface area contributed by atoms with Gasteiger partial charge in [0.2, 0.25) is 5.91 Å². The second-order valence-corrected chi connectivity index (χ2v) is 7.14. The van der Waals surface area contributed by atoms with Crippen molar-refractivity contribution in [3.8, 4) is 0 Å². The fourth-order valence-corrected chi connectivity index (χ4v) is 3.11. The molecule has 1 aliphatic rings. The van der Waals surface area contributed by atoms with Crippen LogP contribution in [0.25, 0.3) is 0 Å². The van der Waals surface area contributed by atoms with Gasteiger partial charge in [-0.1, -0.05) is 0 Å². The second kappa shape index (κ2) is 7.71. The molecule has 0 atom stereocenters. The van der Waals surface area contributed by atoms with Crippen LogP contribution in [0.1, 0.15) is 19.3 Å². The van der Waals surface area contributed by atoms with Crippen molar-refractivity contribution in [1.82, 2.24) is 13.5 Å². The third-order valence-corrected chi connectivity index (χ3v) is 5.35. The Morgan fingerprint density at radius 2 is 1.71 bits per heavy atom. The lowest BCUT2D eigenvalue weighted by atomic mass is 10.4. The molecule has 1 fully saturated rings. The Hall–Kier alpha value is -1.19. The van der Waals surface area contributed by atoms with Crippen molar-refractivity contribution < 1.29 is 22.7 Å². The lowest BCUT2D eigenvalue weighted by molar-refractivity contribution is -0.140. The Bertz CT molecular complexity index is 473. The summed E-state index contributed by atoms with van der Waals surface area (Å²) in [6.07, 6.45) is 1.89. The average molecular weight is 321 g/mol. The lowest BCUT2D eigenvalue weighted by Gasteiger charge is -2.25. The van der Waals surface area contributed by atoms with Crippen molar-refractivity contribution in [2.75, 3.05) is 47.4 Å². The Morgan fingerprint density at radius 3 is 2.24 bits per heavy atom. The smallest absolute Gasteiger partial charge is 0.306 e. The van der Waals surface area contributed by atoms with Gasteiger partial charge in [0.25, 0.3) is 10.2 Å². The number of ether oxygens (including phenoxy) is 1. The summed E-state index contributed by atoms with van der Waals surface area (Å²) >= 11 is 0. The van der Waals surface area contributed by atoms with Crippen LogP contribution >= 0.6 is 0 Å². The van der Waals surface area contributed by atoms with Crippen LogP contribution in [0.5, 0.6) is 0 Å². The Labute approximate surface area is 125 Å². The molecule has 0 aromatic carbocycles. The minimum atomic E-state index is -3.76. The number of nitrogens with zero attached hydrogens (tertiary/aromatic N) is 3. The van der Waals surface area contributed by atoms with E-state index in [2.05, 4.69) is 4.74 Å². The average Bonchev–Trinajstić information content (AvgIpc) is 2.98. The number of likely N-dealkylation sites (N-methyl/N-ethyl adjacent to an activating group) is 1. The molecule has 21 heavy (non-hydrogen) atoms. The topological polar surface area (TPSA) is 87.2 Å². The van der Waals surface area contributed by atoms with E-state index < -0.39 is 16.2 Å². The zero-order chi connectivity index (χ0) is 16.0. The molecule has 1 heterocycles. The summed E-state index contributed by atoms with van der Waals surface area (Å²) in [5.41, 5.74) is 0. The molecular formula is C12H23N3O5S. The van der Waals surface area contributed by atoms with Crippen molar-refractivity contribution in [2.24, 2.45) is 0 Å². The van der Waals surface area contributed by atoms with Gasteiger partial charge in [-0.15, -0.1) is 0 Å². The molecule has 0 N–H and O–H groups in total. The maximum Gasteiger partial charge on any atom is 0.306 e. The molecule has 0 radical (unpaired) electrons. The number of rotatable bonds is 7. The summed E-state index contributed by atoms with van der Waals surface area (Å²) in [5, 5.41) is 0. The molecule has 0 spiro atoms. The van der Waals surface area contributed by atoms with Crippen LogP contribution in [0.2, 0.25) is 0 Å². The maximum absolute atomic E-state index is 12.2. The van der Waals surface area contributed by atoms with Crippen molar-refractivity contribution in [3.05, 3.63) is 0 Å². The normalized spacial score (nSPS) is 15.8. The fourth-order valence-electron chi connectivity index (χ4n) is 2.04. The first-order valence-corrected chi connectivity index (χ1v) is 8.21. The molecule has 0 bridgehead atoms. The SMILES string of the molecule is COC(=O)CCN(C)S(=O)(=O)N(C)CC(=O)N1CCCC1. The van der Waals surface area contributed by atoms with Crippen molar-refractivity contribution in [3.63, 3.8) is 0 Å². The fraction of sp³-hybridized carbons (Fsp3) is 0.833. The zero-order valence-corrected chi connectivity index (χ0v) is 13.6. The number of carbonyl (C=O) groups is 2. The van der Waals surface area contributed by atoms with Crippen LogP contribution in [0.4, 0.5) is 0 Å². The molecule has 0 aromatic heterocycles. The first-order valence-electron chi connectivity index (χ1n) is 6.81. The standard InChI is InChI=1S/C12H23N3O5S/c1-13(9-6-12(17)20-3)21(18,19)14(2)10-11(16)15-7-4-5-8-15/h4-10H2,1-3H3. The number of esters is 1. The summed E-state index contributed by atoms with van der Waals surface area (Å²) in [4.78, 5) is 24.7. The molecule has 8 nitrogen and oxygen atoms in total. The second-order valence-electron chi connectivity index (χ2n) is 5.00. The van der Waals surface area contributed by atoms with Crippen molar-refractivity contribution in [1.29, 1.82) is 0 Å². The zero-order valence-electron chi connectivity index (χ0n) is 12.7. The van der Waals surface area contributed by atoms with Gasteiger partial charge in [-0.05, 0) is 12.8 Å². The Balaban J connectivity index is 2.55. The third-order valence-electron chi connectivity index (χ3n) is 3.46. The molecule has 1 amide bonds. The van der Waals surface area contributed by atoms with Crippen LogP contribution < -0.4 is 0 Å². The maximum atomic E-state index is 12.2. The van der Waals surface area contributed by atoms with Gasteiger partial charge in [-0.25, -0.2) is 0 Å². The van der Waals surface area contributed by atoms with Gasteiger partial charge < -0.3 is 9.64 Å². The first kappa shape index (κ1) is 17.9. The summed E-state index contributed by atoms with van der Waals surface area (Å²) in [6, 6.07) is 0. The van der Waals surface area contributed by atoms with Crippen molar-refractivity contribution in [2.45, 2.75) is 19.3 Å². The molecule has 9 heteroatoms. The highest BCUT2D eigenvalue weighted by Gasteiger charge is 2.28. The summed E-state index contributed by atoms with van der Waals surface area (Å²) in [7, 11) is 0.221. The highest BCUT2D eigenvalue weighted by atomic mass is 32.2. The summed E-state index contributed by atoms with van der Waals surface area (Å²) in [5.74, 6) is -0.673. The van der Waals surface area contributed by atoms with Crippen LogP contribution in [0, 0.1) is 0 Å². The molecular weight excluding hydrogens is 298 g/mol. The Morgan fingerprint density at radius 1 is 1.14 bits per heavy atom. The van der Waals surface area contributed by atoms with E-state index in [9.17, 15) is 18.0 Å². The van der Waals surface area contributed by atoms with Crippen LogP contribution in [0.15, 0.2) is 0 Å². The Kier molecular flexibility index (Phi) is 6.56. The molecule has 1 saturated heterocycles. The van der Waals surface area contributed by atoms with E-state index in [0.717, 1.165) is 21.5 Å². The monoisotopic (exact) mass is 321 g/mol. The molecule has 0 aromatic rings. The minimum Gasteiger partial charge on any atom is -0.469 e. The van der Waals surface area contributed by atoms with Crippen LogP contribution in [-0.2, 0) is 24.5 Å². The van der Waals surface area contributed by atoms with Crippen LogP contribution in [-0.4, -0.2) is 81.2 Å².